The van der Waals surface area contributed by atoms with Gasteiger partial charge in [-0.3, -0.25) is 0 Å². The Hall–Kier alpha value is -1.63. The molecule has 0 spiro atoms. The number of methoxy groups -OCH3 is 1. The summed E-state index contributed by atoms with van der Waals surface area (Å²) in [5.74, 6) is 0.729. The molecule has 1 aliphatic rings. The van der Waals surface area contributed by atoms with Crippen molar-refractivity contribution in [2.45, 2.75) is 38.2 Å². The number of sulfonamides is 1. The van der Waals surface area contributed by atoms with E-state index < -0.39 is 16.1 Å². The number of aliphatic hydroxyl groups is 1. The molecule has 26 heavy (non-hydrogen) atoms. The first-order chi connectivity index (χ1) is 12.2. The molecule has 6 heteroatoms. The first-order valence-electron chi connectivity index (χ1n) is 8.90. The fourth-order valence-corrected chi connectivity index (χ4v) is 5.59. The van der Waals surface area contributed by atoms with Gasteiger partial charge in [0, 0.05) is 23.9 Å². The minimum atomic E-state index is -3.70. The van der Waals surface area contributed by atoms with E-state index in [1.54, 1.807) is 25.3 Å². The number of hydrogen-bond donors (Lipinski definition) is 1. The van der Waals surface area contributed by atoms with E-state index in [1.165, 1.54) is 4.31 Å². The first kappa shape index (κ1) is 19.1. The molecule has 1 fully saturated rings. The maximum Gasteiger partial charge on any atom is 0.243 e. The van der Waals surface area contributed by atoms with Crippen molar-refractivity contribution in [3.63, 3.8) is 0 Å². The Bertz CT molecular complexity index is 902. The number of aliphatic hydroxyl groups excluding tert-OH is 1. The third-order valence-electron chi connectivity index (χ3n) is 5.34. The van der Waals surface area contributed by atoms with Crippen LogP contribution in [0.25, 0.3) is 10.8 Å². The molecule has 1 N–H and O–H groups in total. The number of β-amino-alcohol motifs (C(OH)–C–C–N with tert-alkyl or cyclic N) is 1. The minimum absolute atomic E-state index is 0.0535. The average molecular weight is 378 g/mol. The molecule has 0 bridgehead atoms. The monoisotopic (exact) mass is 377 g/mol. The van der Waals surface area contributed by atoms with E-state index in [2.05, 4.69) is 20.8 Å². The lowest BCUT2D eigenvalue weighted by Gasteiger charge is -2.41. The standard InChI is InChI=1S/C20H27NO4S/c1-20(2,3)16-11-12-21(13-17(16)22)26(23,24)19-10-9-18(25-4)14-7-5-6-8-15(14)19/h5-10,16-17,22H,11-13H2,1-4H3. The van der Waals surface area contributed by atoms with E-state index in [4.69, 9.17) is 4.74 Å². The fourth-order valence-electron chi connectivity index (χ4n) is 3.92. The summed E-state index contributed by atoms with van der Waals surface area (Å²) in [7, 11) is -2.12. The lowest BCUT2D eigenvalue weighted by molar-refractivity contribution is -0.00208. The highest BCUT2D eigenvalue weighted by molar-refractivity contribution is 7.89. The largest absolute Gasteiger partial charge is 0.496 e. The molecule has 1 heterocycles. The van der Waals surface area contributed by atoms with Crippen molar-refractivity contribution in [2.24, 2.45) is 11.3 Å². The molecule has 1 aliphatic heterocycles. The second-order valence-electron chi connectivity index (χ2n) is 8.00. The summed E-state index contributed by atoms with van der Waals surface area (Å²) >= 11 is 0. The number of rotatable bonds is 3. The van der Waals surface area contributed by atoms with Crippen molar-refractivity contribution < 1.29 is 18.3 Å². The van der Waals surface area contributed by atoms with E-state index in [-0.39, 0.29) is 22.8 Å². The molecule has 0 aromatic heterocycles. The fraction of sp³-hybridized carbons (Fsp3) is 0.500. The van der Waals surface area contributed by atoms with Crippen LogP contribution >= 0.6 is 0 Å². The van der Waals surface area contributed by atoms with Crippen LogP contribution in [0.3, 0.4) is 0 Å². The summed E-state index contributed by atoms with van der Waals surface area (Å²) in [6, 6.07) is 10.6. The van der Waals surface area contributed by atoms with Gasteiger partial charge in [0.05, 0.1) is 18.1 Å². The lowest BCUT2D eigenvalue weighted by Crippen LogP contribution is -2.49. The van der Waals surface area contributed by atoms with Crippen molar-refractivity contribution in [1.82, 2.24) is 4.31 Å². The maximum absolute atomic E-state index is 13.3. The quantitative estimate of drug-likeness (QED) is 0.891. The normalized spacial score (nSPS) is 22.5. The number of nitrogens with zero attached hydrogens (tertiary/aromatic N) is 1. The van der Waals surface area contributed by atoms with Crippen LogP contribution in [0.1, 0.15) is 27.2 Å². The highest BCUT2D eigenvalue weighted by Gasteiger charge is 2.40. The predicted octanol–water partition coefficient (Wildman–Crippen LogP) is 3.27. The Morgan fingerprint density at radius 2 is 1.77 bits per heavy atom. The smallest absolute Gasteiger partial charge is 0.243 e. The second kappa shape index (κ2) is 6.83. The number of piperidine rings is 1. The van der Waals surface area contributed by atoms with E-state index in [0.717, 1.165) is 5.39 Å². The number of benzene rings is 2. The van der Waals surface area contributed by atoms with Crippen LogP contribution in [0.15, 0.2) is 41.3 Å². The van der Waals surface area contributed by atoms with E-state index in [9.17, 15) is 13.5 Å². The van der Waals surface area contributed by atoms with E-state index in [1.807, 2.05) is 18.2 Å². The summed E-state index contributed by atoms with van der Waals surface area (Å²) in [4.78, 5) is 0.260. The number of hydrogen-bond acceptors (Lipinski definition) is 4. The summed E-state index contributed by atoms with van der Waals surface area (Å²) in [6.45, 7) is 6.80. The van der Waals surface area contributed by atoms with E-state index >= 15 is 0 Å². The van der Waals surface area contributed by atoms with Crippen LogP contribution in [0, 0.1) is 11.3 Å². The zero-order valence-corrected chi connectivity index (χ0v) is 16.6. The SMILES string of the molecule is COc1ccc(S(=O)(=O)N2CCC(C(C)(C)C)C(O)C2)c2ccccc12. The number of ether oxygens (including phenoxy) is 1. The second-order valence-corrected chi connectivity index (χ2v) is 9.91. The maximum atomic E-state index is 13.3. The Morgan fingerprint density at radius 3 is 2.35 bits per heavy atom. The summed E-state index contributed by atoms with van der Waals surface area (Å²) in [6.07, 6.45) is -0.0131. The lowest BCUT2D eigenvalue weighted by atomic mass is 9.74. The van der Waals surface area contributed by atoms with Crippen LogP contribution in [0.4, 0.5) is 0 Å². The van der Waals surface area contributed by atoms with Gasteiger partial charge in [-0.1, -0.05) is 45.0 Å². The van der Waals surface area contributed by atoms with Gasteiger partial charge >= 0.3 is 0 Å². The molecule has 2 atom stereocenters. The molecule has 0 saturated carbocycles. The summed E-state index contributed by atoms with van der Waals surface area (Å²) in [5.41, 5.74) is -0.0535. The molecule has 2 aromatic rings. The Labute approximate surface area is 155 Å². The van der Waals surface area contributed by atoms with Crippen molar-refractivity contribution in [1.29, 1.82) is 0 Å². The molecule has 2 unspecified atom stereocenters. The molecule has 0 amide bonds. The van der Waals surface area contributed by atoms with Gasteiger partial charge in [0.25, 0.3) is 0 Å². The topological polar surface area (TPSA) is 66.8 Å². The van der Waals surface area contributed by atoms with Crippen LogP contribution in [0.2, 0.25) is 0 Å². The van der Waals surface area contributed by atoms with Gasteiger partial charge in [0.2, 0.25) is 10.0 Å². The molecule has 142 valence electrons. The van der Waals surface area contributed by atoms with Gasteiger partial charge in [0.1, 0.15) is 5.75 Å². The van der Waals surface area contributed by atoms with Crippen LogP contribution < -0.4 is 4.74 Å². The highest BCUT2D eigenvalue weighted by Crippen LogP contribution is 2.37. The average Bonchev–Trinajstić information content (AvgIpc) is 2.59. The Balaban J connectivity index is 1.99. The summed E-state index contributed by atoms with van der Waals surface area (Å²) in [5, 5.41) is 12.0. The first-order valence-corrected chi connectivity index (χ1v) is 10.3. The molecule has 0 radical (unpaired) electrons. The van der Waals surface area contributed by atoms with Crippen LogP contribution in [-0.4, -0.2) is 44.1 Å². The molecular formula is C20H27NO4S. The van der Waals surface area contributed by atoms with Gasteiger partial charge in [-0.15, -0.1) is 0 Å². The zero-order valence-electron chi connectivity index (χ0n) is 15.8. The highest BCUT2D eigenvalue weighted by atomic mass is 32.2. The van der Waals surface area contributed by atoms with Gasteiger partial charge in [-0.25, -0.2) is 8.42 Å². The molecule has 1 saturated heterocycles. The molecule has 2 aromatic carbocycles. The third kappa shape index (κ3) is 3.33. The van der Waals surface area contributed by atoms with Crippen molar-refractivity contribution in [2.75, 3.05) is 20.2 Å². The minimum Gasteiger partial charge on any atom is -0.496 e. The van der Waals surface area contributed by atoms with Crippen molar-refractivity contribution in [3.8, 4) is 5.75 Å². The van der Waals surface area contributed by atoms with Gasteiger partial charge in [-0.05, 0) is 29.9 Å². The van der Waals surface area contributed by atoms with Crippen molar-refractivity contribution in [3.05, 3.63) is 36.4 Å². The van der Waals surface area contributed by atoms with Crippen LogP contribution in [0.5, 0.6) is 5.75 Å². The zero-order chi connectivity index (χ0) is 19.1. The molecule has 0 aliphatic carbocycles. The molecule has 5 nitrogen and oxygen atoms in total. The summed E-state index contributed by atoms with van der Waals surface area (Å²) < 4.78 is 33.3. The van der Waals surface area contributed by atoms with Gasteiger partial charge in [0.15, 0.2) is 0 Å². The third-order valence-corrected chi connectivity index (χ3v) is 7.26. The van der Waals surface area contributed by atoms with E-state index in [0.29, 0.717) is 24.1 Å². The van der Waals surface area contributed by atoms with Crippen LogP contribution in [-0.2, 0) is 10.0 Å². The predicted molar refractivity (Wildman–Crippen MR) is 103 cm³/mol. The molecular weight excluding hydrogens is 350 g/mol. The van der Waals surface area contributed by atoms with Gasteiger partial charge < -0.3 is 9.84 Å². The van der Waals surface area contributed by atoms with Gasteiger partial charge in [-0.2, -0.15) is 4.31 Å². The molecule has 3 rings (SSSR count). The Morgan fingerprint density at radius 1 is 1.12 bits per heavy atom. The number of fused-ring (bicyclic) bond motifs is 1. The Kier molecular flexibility index (Phi) is 5.03. The van der Waals surface area contributed by atoms with Crippen molar-refractivity contribution >= 4 is 20.8 Å².